The highest BCUT2D eigenvalue weighted by Gasteiger charge is 2.50. The normalized spacial score (nSPS) is 26.1. The van der Waals surface area contributed by atoms with E-state index in [-0.39, 0.29) is 23.6 Å². The number of ether oxygens (including phenoxy) is 1. The quantitative estimate of drug-likeness (QED) is 0.775. The molecule has 0 radical (unpaired) electrons. The van der Waals surface area contributed by atoms with Gasteiger partial charge < -0.3 is 19.8 Å². The second-order valence-corrected chi connectivity index (χ2v) is 8.56. The van der Waals surface area contributed by atoms with E-state index < -0.39 is 5.60 Å². The Bertz CT molecular complexity index is 884. The van der Waals surface area contributed by atoms with Gasteiger partial charge in [0.2, 0.25) is 5.91 Å². The molecule has 5 heteroatoms. The highest BCUT2D eigenvalue weighted by molar-refractivity contribution is 5.79. The third-order valence-corrected chi connectivity index (χ3v) is 6.71. The van der Waals surface area contributed by atoms with E-state index in [1.807, 2.05) is 54.3 Å². The zero-order chi connectivity index (χ0) is 21.1. The van der Waals surface area contributed by atoms with Crippen molar-refractivity contribution in [2.24, 2.45) is 5.92 Å². The standard InChI is InChI=1S/C25H31NO4/c1-2-30-22-17-19(11-12-21(22)27)24-20-10-6-7-13-25(20,29)14-15-26(24)23(28)16-18-8-4-3-5-9-18/h3-5,8-9,11-12,17,20,24,27,29H,2,6-7,10,13-16H2,1H3. The number of hydrogen-bond donors (Lipinski definition) is 2. The number of amides is 1. The van der Waals surface area contributed by atoms with Gasteiger partial charge in [0, 0.05) is 12.5 Å². The number of carbonyl (C=O) groups excluding carboxylic acids is 1. The van der Waals surface area contributed by atoms with Crippen molar-refractivity contribution in [1.82, 2.24) is 4.90 Å². The molecule has 2 fully saturated rings. The smallest absolute Gasteiger partial charge is 0.227 e. The van der Waals surface area contributed by atoms with E-state index >= 15 is 0 Å². The van der Waals surface area contributed by atoms with Crippen LogP contribution >= 0.6 is 0 Å². The molecule has 1 aliphatic heterocycles. The first-order valence-corrected chi connectivity index (χ1v) is 11.0. The average Bonchev–Trinajstić information content (AvgIpc) is 2.75. The van der Waals surface area contributed by atoms with E-state index in [0.29, 0.717) is 31.7 Å². The van der Waals surface area contributed by atoms with Crippen LogP contribution < -0.4 is 4.74 Å². The average molecular weight is 410 g/mol. The number of fused-ring (bicyclic) bond motifs is 1. The van der Waals surface area contributed by atoms with Gasteiger partial charge in [-0.15, -0.1) is 0 Å². The molecule has 2 aliphatic rings. The van der Waals surface area contributed by atoms with Crippen LogP contribution in [0, 0.1) is 5.92 Å². The summed E-state index contributed by atoms with van der Waals surface area (Å²) < 4.78 is 5.60. The minimum atomic E-state index is -0.740. The number of piperidine rings is 1. The Kier molecular flexibility index (Phi) is 6.00. The minimum absolute atomic E-state index is 0.0151. The molecular formula is C25H31NO4. The molecule has 0 bridgehead atoms. The van der Waals surface area contributed by atoms with E-state index in [1.54, 1.807) is 6.07 Å². The lowest BCUT2D eigenvalue weighted by Crippen LogP contribution is -2.56. The Morgan fingerprint density at radius 2 is 1.97 bits per heavy atom. The maximum absolute atomic E-state index is 13.4. The van der Waals surface area contributed by atoms with Crippen LogP contribution in [0.15, 0.2) is 48.5 Å². The molecule has 5 nitrogen and oxygen atoms in total. The summed E-state index contributed by atoms with van der Waals surface area (Å²) in [5.41, 5.74) is 1.17. The molecule has 0 aromatic heterocycles. The Morgan fingerprint density at radius 3 is 2.73 bits per heavy atom. The van der Waals surface area contributed by atoms with Gasteiger partial charge in [-0.2, -0.15) is 0 Å². The summed E-state index contributed by atoms with van der Waals surface area (Å²) in [6, 6.07) is 14.9. The van der Waals surface area contributed by atoms with Crippen LogP contribution in [0.25, 0.3) is 0 Å². The van der Waals surface area contributed by atoms with Crippen molar-refractivity contribution >= 4 is 5.91 Å². The first kappa shape index (κ1) is 20.7. The fourth-order valence-corrected chi connectivity index (χ4v) is 5.23. The van der Waals surface area contributed by atoms with Crippen molar-refractivity contribution in [3.05, 3.63) is 59.7 Å². The summed E-state index contributed by atoms with van der Waals surface area (Å²) in [6.07, 6.45) is 4.72. The summed E-state index contributed by atoms with van der Waals surface area (Å²) in [5, 5.41) is 21.6. The first-order valence-electron chi connectivity index (χ1n) is 11.0. The first-order chi connectivity index (χ1) is 14.5. The highest BCUT2D eigenvalue weighted by Crippen LogP contribution is 2.50. The fourth-order valence-electron chi connectivity index (χ4n) is 5.23. The molecule has 1 amide bonds. The van der Waals surface area contributed by atoms with Crippen LogP contribution in [-0.2, 0) is 11.2 Å². The third-order valence-electron chi connectivity index (χ3n) is 6.71. The van der Waals surface area contributed by atoms with Gasteiger partial charge in [-0.1, -0.05) is 49.2 Å². The van der Waals surface area contributed by atoms with Crippen molar-refractivity contribution < 1.29 is 19.7 Å². The predicted octanol–water partition coefficient (Wildman–Crippen LogP) is 4.23. The summed E-state index contributed by atoms with van der Waals surface area (Å²) >= 11 is 0. The van der Waals surface area contributed by atoms with Gasteiger partial charge in [-0.05, 0) is 49.4 Å². The lowest BCUT2D eigenvalue weighted by Gasteiger charge is -2.52. The Hall–Kier alpha value is -2.53. The Balaban J connectivity index is 1.70. The molecule has 1 saturated carbocycles. The third kappa shape index (κ3) is 4.04. The summed E-state index contributed by atoms with van der Waals surface area (Å²) in [4.78, 5) is 15.3. The van der Waals surface area contributed by atoms with Gasteiger partial charge in [0.1, 0.15) is 0 Å². The number of benzene rings is 2. The fraction of sp³-hybridized carbons (Fsp3) is 0.480. The number of phenolic OH excluding ortho intramolecular Hbond substituents is 1. The zero-order valence-corrected chi connectivity index (χ0v) is 17.6. The lowest BCUT2D eigenvalue weighted by atomic mass is 9.66. The molecule has 3 atom stereocenters. The van der Waals surface area contributed by atoms with Gasteiger partial charge in [-0.25, -0.2) is 0 Å². The maximum atomic E-state index is 13.4. The topological polar surface area (TPSA) is 70.0 Å². The number of nitrogens with zero attached hydrogens (tertiary/aromatic N) is 1. The second-order valence-electron chi connectivity index (χ2n) is 8.56. The Labute approximate surface area is 178 Å². The van der Waals surface area contributed by atoms with Gasteiger partial charge in [0.25, 0.3) is 0 Å². The molecule has 1 heterocycles. The summed E-state index contributed by atoms with van der Waals surface area (Å²) in [5.74, 6) is 0.580. The number of aliphatic hydroxyl groups is 1. The van der Waals surface area contributed by atoms with Gasteiger partial charge in [-0.3, -0.25) is 4.79 Å². The molecule has 30 heavy (non-hydrogen) atoms. The molecule has 1 aliphatic carbocycles. The highest BCUT2D eigenvalue weighted by atomic mass is 16.5. The van der Waals surface area contributed by atoms with Crippen LogP contribution in [-0.4, -0.2) is 39.8 Å². The largest absolute Gasteiger partial charge is 0.504 e. The van der Waals surface area contributed by atoms with E-state index in [4.69, 9.17) is 4.74 Å². The number of likely N-dealkylation sites (tertiary alicyclic amines) is 1. The second kappa shape index (κ2) is 8.68. The van der Waals surface area contributed by atoms with Crippen LogP contribution in [0.3, 0.4) is 0 Å². The summed E-state index contributed by atoms with van der Waals surface area (Å²) in [7, 11) is 0. The monoisotopic (exact) mass is 409 g/mol. The van der Waals surface area contributed by atoms with Gasteiger partial charge >= 0.3 is 0 Å². The molecule has 0 spiro atoms. The number of hydrogen-bond acceptors (Lipinski definition) is 4. The van der Waals surface area contributed by atoms with Gasteiger partial charge in [0.15, 0.2) is 11.5 Å². The van der Waals surface area contributed by atoms with Gasteiger partial charge in [0.05, 0.1) is 24.7 Å². The number of carbonyl (C=O) groups is 1. The molecule has 4 rings (SSSR count). The van der Waals surface area contributed by atoms with Crippen LogP contribution in [0.4, 0.5) is 0 Å². The van der Waals surface area contributed by atoms with Crippen molar-refractivity contribution in [3.8, 4) is 11.5 Å². The van der Waals surface area contributed by atoms with Crippen LogP contribution in [0.1, 0.15) is 56.2 Å². The molecule has 2 aromatic rings. The molecule has 1 saturated heterocycles. The SMILES string of the molecule is CCOc1cc(C2C3CCCCC3(O)CCN2C(=O)Cc2ccccc2)ccc1O. The Morgan fingerprint density at radius 1 is 1.17 bits per heavy atom. The summed E-state index contributed by atoms with van der Waals surface area (Å²) in [6.45, 7) is 2.86. The van der Waals surface area contributed by atoms with E-state index in [0.717, 1.165) is 36.8 Å². The molecule has 2 aromatic carbocycles. The lowest BCUT2D eigenvalue weighted by molar-refractivity contribution is -0.154. The van der Waals surface area contributed by atoms with Crippen molar-refractivity contribution in [2.45, 2.75) is 57.1 Å². The van der Waals surface area contributed by atoms with Crippen molar-refractivity contribution in [3.63, 3.8) is 0 Å². The predicted molar refractivity (Wildman–Crippen MR) is 115 cm³/mol. The minimum Gasteiger partial charge on any atom is -0.504 e. The number of aromatic hydroxyl groups is 1. The van der Waals surface area contributed by atoms with Crippen molar-refractivity contribution in [1.29, 1.82) is 0 Å². The number of phenols is 1. The van der Waals surface area contributed by atoms with E-state index in [1.165, 1.54) is 0 Å². The van der Waals surface area contributed by atoms with E-state index in [2.05, 4.69) is 0 Å². The molecular weight excluding hydrogens is 378 g/mol. The molecule has 2 N–H and O–H groups in total. The zero-order valence-electron chi connectivity index (χ0n) is 17.6. The molecule has 3 unspecified atom stereocenters. The van der Waals surface area contributed by atoms with Crippen LogP contribution in [0.2, 0.25) is 0 Å². The maximum Gasteiger partial charge on any atom is 0.227 e. The molecule has 160 valence electrons. The van der Waals surface area contributed by atoms with Crippen LogP contribution in [0.5, 0.6) is 11.5 Å². The number of rotatable bonds is 5. The van der Waals surface area contributed by atoms with E-state index in [9.17, 15) is 15.0 Å². The van der Waals surface area contributed by atoms with Crippen molar-refractivity contribution in [2.75, 3.05) is 13.2 Å².